The van der Waals surface area contributed by atoms with Crippen molar-refractivity contribution in [2.75, 3.05) is 6.54 Å². The molecule has 1 atom stereocenters. The summed E-state index contributed by atoms with van der Waals surface area (Å²) in [6.07, 6.45) is 3.28. The standard InChI is InChI=1S/C20H20N2O4S/c1-13(15-10-9-14-5-4-6-16(14)11-15)21-19(23)12-22-20(24)17-7-2-3-8-18(17)27(22,25)26/h2-3,7-11,13H,4-6,12H2,1H3,(H,21,23). The van der Waals surface area contributed by atoms with Gasteiger partial charge in [0.2, 0.25) is 5.91 Å². The van der Waals surface area contributed by atoms with E-state index in [4.69, 9.17) is 0 Å². The van der Waals surface area contributed by atoms with Crippen LogP contribution in [0, 0.1) is 0 Å². The summed E-state index contributed by atoms with van der Waals surface area (Å²) in [5.74, 6) is -1.17. The van der Waals surface area contributed by atoms with Gasteiger partial charge in [0.15, 0.2) is 0 Å². The van der Waals surface area contributed by atoms with Gasteiger partial charge in [-0.25, -0.2) is 12.7 Å². The third-order valence-electron chi connectivity index (χ3n) is 5.20. The number of sulfonamides is 1. The van der Waals surface area contributed by atoms with Gasteiger partial charge in [0.25, 0.3) is 15.9 Å². The van der Waals surface area contributed by atoms with E-state index in [1.165, 1.54) is 23.3 Å². The lowest BCUT2D eigenvalue weighted by atomic mass is 10.0. The highest BCUT2D eigenvalue weighted by atomic mass is 32.2. The number of nitrogens with one attached hydrogen (secondary N) is 1. The number of carbonyl (C=O) groups is 2. The summed E-state index contributed by atoms with van der Waals surface area (Å²) in [5, 5.41) is 2.80. The van der Waals surface area contributed by atoms with E-state index >= 15 is 0 Å². The molecule has 7 heteroatoms. The fourth-order valence-electron chi connectivity index (χ4n) is 3.75. The Balaban J connectivity index is 1.48. The maximum Gasteiger partial charge on any atom is 0.269 e. The van der Waals surface area contributed by atoms with E-state index in [9.17, 15) is 18.0 Å². The second-order valence-corrected chi connectivity index (χ2v) is 8.81. The topological polar surface area (TPSA) is 83.6 Å². The number of benzene rings is 2. The fourth-order valence-corrected chi connectivity index (χ4v) is 5.27. The Kier molecular flexibility index (Phi) is 4.26. The summed E-state index contributed by atoms with van der Waals surface area (Å²) in [4.78, 5) is 24.8. The molecule has 0 bridgehead atoms. The van der Waals surface area contributed by atoms with Gasteiger partial charge in [0.1, 0.15) is 11.4 Å². The van der Waals surface area contributed by atoms with E-state index in [0.717, 1.165) is 24.8 Å². The quantitative estimate of drug-likeness (QED) is 0.876. The molecular weight excluding hydrogens is 364 g/mol. The van der Waals surface area contributed by atoms with Crippen molar-refractivity contribution in [3.05, 3.63) is 64.7 Å². The van der Waals surface area contributed by atoms with Crippen molar-refractivity contribution in [2.24, 2.45) is 0 Å². The number of nitrogens with zero attached hydrogens (tertiary/aromatic N) is 1. The van der Waals surface area contributed by atoms with Gasteiger partial charge in [0.05, 0.1) is 11.6 Å². The molecule has 2 aromatic rings. The number of aryl methyl sites for hydroxylation is 2. The van der Waals surface area contributed by atoms with E-state index in [2.05, 4.69) is 17.4 Å². The molecule has 6 nitrogen and oxygen atoms in total. The Morgan fingerprint density at radius 2 is 1.89 bits per heavy atom. The summed E-state index contributed by atoms with van der Waals surface area (Å²) >= 11 is 0. The van der Waals surface area contributed by atoms with Crippen LogP contribution in [-0.4, -0.2) is 31.1 Å². The van der Waals surface area contributed by atoms with Gasteiger partial charge in [-0.05, 0) is 55.0 Å². The molecule has 1 heterocycles. The Morgan fingerprint density at radius 3 is 2.67 bits per heavy atom. The smallest absolute Gasteiger partial charge is 0.269 e. The lowest BCUT2D eigenvalue weighted by molar-refractivity contribution is -0.121. The largest absolute Gasteiger partial charge is 0.348 e. The van der Waals surface area contributed by atoms with Crippen molar-refractivity contribution in [1.82, 2.24) is 9.62 Å². The van der Waals surface area contributed by atoms with Crippen LogP contribution in [0.2, 0.25) is 0 Å². The lowest BCUT2D eigenvalue weighted by Gasteiger charge is -2.19. The van der Waals surface area contributed by atoms with Crippen LogP contribution < -0.4 is 5.32 Å². The number of hydrogen-bond donors (Lipinski definition) is 1. The number of carbonyl (C=O) groups excluding carboxylic acids is 2. The van der Waals surface area contributed by atoms with E-state index in [1.807, 2.05) is 13.0 Å². The van der Waals surface area contributed by atoms with Crippen LogP contribution in [0.3, 0.4) is 0 Å². The highest BCUT2D eigenvalue weighted by Gasteiger charge is 2.41. The van der Waals surface area contributed by atoms with E-state index in [-0.39, 0.29) is 16.5 Å². The van der Waals surface area contributed by atoms with Crippen molar-refractivity contribution >= 4 is 21.8 Å². The third-order valence-corrected chi connectivity index (χ3v) is 6.99. The monoisotopic (exact) mass is 384 g/mol. The summed E-state index contributed by atoms with van der Waals surface area (Å²) < 4.78 is 25.7. The maximum atomic E-state index is 12.5. The number of amides is 2. The molecule has 0 fully saturated rings. The summed E-state index contributed by atoms with van der Waals surface area (Å²) in [6.45, 7) is 1.33. The predicted octanol–water partition coefficient (Wildman–Crippen LogP) is 2.20. The second kappa shape index (κ2) is 6.49. The molecule has 0 radical (unpaired) electrons. The molecular formula is C20H20N2O4S. The molecule has 1 unspecified atom stereocenters. The first-order valence-electron chi connectivity index (χ1n) is 8.95. The number of rotatable bonds is 4. The SMILES string of the molecule is CC(NC(=O)CN1C(=O)c2ccccc2S1(=O)=O)c1ccc2c(c1)CCC2. The van der Waals surface area contributed by atoms with Crippen LogP contribution in [0.25, 0.3) is 0 Å². The Labute approximate surface area is 158 Å². The molecule has 2 aliphatic rings. The fraction of sp³-hybridized carbons (Fsp3) is 0.300. The van der Waals surface area contributed by atoms with Crippen molar-refractivity contribution in [3.63, 3.8) is 0 Å². The molecule has 140 valence electrons. The van der Waals surface area contributed by atoms with Gasteiger partial charge in [0, 0.05) is 0 Å². The molecule has 4 rings (SSSR count). The van der Waals surface area contributed by atoms with Gasteiger partial charge in [-0.1, -0.05) is 30.3 Å². The Hall–Kier alpha value is -2.67. The molecule has 1 aliphatic heterocycles. The first-order valence-corrected chi connectivity index (χ1v) is 10.4. The number of fused-ring (bicyclic) bond motifs is 2. The van der Waals surface area contributed by atoms with Gasteiger partial charge < -0.3 is 5.32 Å². The van der Waals surface area contributed by atoms with Gasteiger partial charge in [-0.15, -0.1) is 0 Å². The molecule has 1 N–H and O–H groups in total. The van der Waals surface area contributed by atoms with Gasteiger partial charge in [-0.3, -0.25) is 9.59 Å². The van der Waals surface area contributed by atoms with E-state index in [1.54, 1.807) is 12.1 Å². The lowest BCUT2D eigenvalue weighted by Crippen LogP contribution is -2.41. The van der Waals surface area contributed by atoms with Crippen molar-refractivity contribution in [3.8, 4) is 0 Å². The van der Waals surface area contributed by atoms with Crippen LogP contribution in [0.5, 0.6) is 0 Å². The average molecular weight is 384 g/mol. The van der Waals surface area contributed by atoms with Crippen molar-refractivity contribution in [1.29, 1.82) is 0 Å². The minimum absolute atomic E-state index is 0.0468. The molecule has 27 heavy (non-hydrogen) atoms. The first-order chi connectivity index (χ1) is 12.9. The van der Waals surface area contributed by atoms with Gasteiger partial charge in [-0.2, -0.15) is 0 Å². The number of hydrogen-bond acceptors (Lipinski definition) is 4. The molecule has 2 aromatic carbocycles. The Morgan fingerprint density at radius 1 is 1.15 bits per heavy atom. The maximum absolute atomic E-state index is 12.5. The summed E-state index contributed by atoms with van der Waals surface area (Å²) in [5.41, 5.74) is 3.74. The highest BCUT2D eigenvalue weighted by Crippen LogP contribution is 2.30. The zero-order chi connectivity index (χ0) is 19.2. The third kappa shape index (κ3) is 3.02. The van der Waals surface area contributed by atoms with E-state index in [0.29, 0.717) is 4.31 Å². The van der Waals surface area contributed by atoms with Crippen LogP contribution in [0.4, 0.5) is 0 Å². The zero-order valence-electron chi connectivity index (χ0n) is 14.9. The normalized spacial score (nSPS) is 18.1. The second-order valence-electron chi connectivity index (χ2n) is 6.98. The Bertz CT molecular complexity index is 1050. The first kappa shape index (κ1) is 17.7. The van der Waals surface area contributed by atoms with Crippen LogP contribution in [0.15, 0.2) is 47.4 Å². The van der Waals surface area contributed by atoms with Crippen LogP contribution >= 0.6 is 0 Å². The van der Waals surface area contributed by atoms with Gasteiger partial charge >= 0.3 is 0 Å². The molecule has 0 saturated carbocycles. The van der Waals surface area contributed by atoms with Crippen molar-refractivity contribution < 1.29 is 18.0 Å². The van der Waals surface area contributed by atoms with Crippen LogP contribution in [-0.2, 0) is 27.7 Å². The van der Waals surface area contributed by atoms with Crippen LogP contribution in [0.1, 0.15) is 46.4 Å². The van der Waals surface area contributed by atoms with E-state index < -0.39 is 28.4 Å². The molecule has 2 amide bonds. The van der Waals surface area contributed by atoms with Crippen molar-refractivity contribution in [2.45, 2.75) is 37.1 Å². The molecule has 0 saturated heterocycles. The minimum Gasteiger partial charge on any atom is -0.348 e. The summed E-state index contributed by atoms with van der Waals surface area (Å²) in [7, 11) is -3.98. The minimum atomic E-state index is -3.98. The summed E-state index contributed by atoms with van der Waals surface area (Å²) in [6, 6.07) is 11.9. The molecule has 0 aromatic heterocycles. The average Bonchev–Trinajstić information content (AvgIpc) is 3.19. The molecule has 0 spiro atoms. The highest BCUT2D eigenvalue weighted by molar-refractivity contribution is 7.90. The zero-order valence-corrected chi connectivity index (χ0v) is 15.8. The molecule has 1 aliphatic carbocycles. The predicted molar refractivity (Wildman–Crippen MR) is 99.7 cm³/mol.